The zero-order valence-corrected chi connectivity index (χ0v) is 25.5. The van der Waals surface area contributed by atoms with E-state index in [-0.39, 0.29) is 29.9 Å². The first kappa shape index (κ1) is 26.7. The van der Waals surface area contributed by atoms with Crippen LogP contribution in [0, 0.1) is 5.92 Å². The lowest BCUT2D eigenvalue weighted by Crippen LogP contribution is -2.48. The fourth-order valence-electron chi connectivity index (χ4n) is 10.8. The van der Waals surface area contributed by atoms with Crippen LogP contribution in [0.1, 0.15) is 82.4 Å². The smallest absolute Gasteiger partial charge is 0.331 e. The molecule has 10 rings (SSSR count). The molecular formula is C33H39N8O4+. The van der Waals surface area contributed by atoms with Crippen LogP contribution in [0.4, 0.5) is 0 Å². The van der Waals surface area contributed by atoms with Crippen molar-refractivity contribution in [3.63, 3.8) is 0 Å². The normalized spacial score (nSPS) is 42.1. The van der Waals surface area contributed by atoms with Gasteiger partial charge in [0, 0.05) is 62.0 Å². The van der Waals surface area contributed by atoms with Gasteiger partial charge >= 0.3 is 11.9 Å². The van der Waals surface area contributed by atoms with Gasteiger partial charge in [0.15, 0.2) is 17.4 Å². The van der Waals surface area contributed by atoms with Gasteiger partial charge in [0.1, 0.15) is 11.4 Å². The molecule has 2 saturated carbocycles. The highest BCUT2D eigenvalue weighted by molar-refractivity contribution is 5.88. The third-order valence-electron chi connectivity index (χ3n) is 12.5. The van der Waals surface area contributed by atoms with Gasteiger partial charge < -0.3 is 9.47 Å². The summed E-state index contributed by atoms with van der Waals surface area (Å²) in [4.78, 5) is 30.0. The van der Waals surface area contributed by atoms with E-state index in [0.29, 0.717) is 18.1 Å². The van der Waals surface area contributed by atoms with E-state index in [1.807, 2.05) is 15.6 Å². The number of rotatable bonds is 5. The van der Waals surface area contributed by atoms with Crippen molar-refractivity contribution in [2.75, 3.05) is 13.1 Å². The molecule has 4 bridgehead atoms. The predicted molar refractivity (Wildman–Crippen MR) is 159 cm³/mol. The molecule has 234 valence electrons. The van der Waals surface area contributed by atoms with Crippen molar-refractivity contribution in [1.82, 2.24) is 24.8 Å². The molecule has 1 aromatic rings. The molecular weight excluding hydrogens is 572 g/mol. The standard InChI is InChI=1S/C33H39N8O4/c42-30-13-21-11-20(26-15-32(21,44-30)28-5-1-3-9-39(26)28)17-38-18-23(34-36-38)7-8-24-19-41(37-35-24)25-12-22-14-31(43)45-33(22)16-27(25)40-10-4-2-6-29(33)40/h13-14,17-20,25-29H,1-12,15-16H2/q+1/b38-17-/t20?,25-,26+,27+,28-,29-,32+,33+/m1/s1. The van der Waals surface area contributed by atoms with E-state index in [1.54, 1.807) is 12.2 Å². The Morgan fingerprint density at radius 3 is 2.31 bits per heavy atom. The van der Waals surface area contributed by atoms with Crippen LogP contribution in [0.3, 0.4) is 0 Å². The maximum absolute atomic E-state index is 12.4. The number of fused-ring (bicyclic) bond motifs is 6. The topological polar surface area (TPSA) is 118 Å². The summed E-state index contributed by atoms with van der Waals surface area (Å²) in [7, 11) is 0. The van der Waals surface area contributed by atoms with Crippen LogP contribution in [0.2, 0.25) is 0 Å². The second kappa shape index (κ2) is 9.51. The summed E-state index contributed by atoms with van der Waals surface area (Å²) in [6.45, 7) is 2.12. The van der Waals surface area contributed by atoms with E-state index < -0.39 is 11.2 Å². The van der Waals surface area contributed by atoms with Crippen molar-refractivity contribution < 1.29 is 23.7 Å². The second-order valence-electron chi connectivity index (χ2n) is 14.7. The molecule has 4 saturated heterocycles. The summed E-state index contributed by atoms with van der Waals surface area (Å²) in [6, 6.07) is 1.41. The van der Waals surface area contributed by atoms with E-state index >= 15 is 0 Å². The second-order valence-corrected chi connectivity index (χ2v) is 14.7. The molecule has 9 aliphatic rings. The van der Waals surface area contributed by atoms with Crippen LogP contribution in [-0.4, -0.2) is 96.1 Å². The Bertz CT molecular complexity index is 1660. The van der Waals surface area contributed by atoms with Gasteiger partial charge in [0.25, 0.3) is 0 Å². The molecule has 0 radical (unpaired) electrons. The molecule has 2 aliphatic carbocycles. The van der Waals surface area contributed by atoms with Crippen molar-refractivity contribution in [3.8, 4) is 0 Å². The number of carbonyl (C=O) groups excluding carboxylic acids is 2. The number of hydrogen-bond acceptors (Lipinski definition) is 10. The highest BCUT2D eigenvalue weighted by Crippen LogP contribution is 2.57. The fraction of sp³-hybridized carbons (Fsp3) is 0.667. The highest BCUT2D eigenvalue weighted by atomic mass is 16.6. The number of aromatic nitrogens is 3. The van der Waals surface area contributed by atoms with Crippen LogP contribution >= 0.6 is 0 Å². The average molecular weight is 612 g/mol. The maximum Gasteiger partial charge on any atom is 0.331 e. The molecule has 8 heterocycles. The van der Waals surface area contributed by atoms with Crippen molar-refractivity contribution in [1.29, 1.82) is 0 Å². The minimum atomic E-state index is -0.418. The first-order valence-electron chi connectivity index (χ1n) is 17.1. The summed E-state index contributed by atoms with van der Waals surface area (Å²) in [6.07, 6.45) is 21.6. The molecule has 12 nitrogen and oxygen atoms in total. The molecule has 2 spiro atoms. The van der Waals surface area contributed by atoms with Gasteiger partial charge in [-0.15, -0.1) is 9.78 Å². The lowest BCUT2D eigenvalue weighted by molar-refractivity contribution is -0.462. The van der Waals surface area contributed by atoms with Crippen molar-refractivity contribution >= 4 is 18.2 Å². The van der Waals surface area contributed by atoms with E-state index in [1.165, 1.54) is 31.3 Å². The van der Waals surface area contributed by atoms with Gasteiger partial charge in [-0.3, -0.25) is 9.80 Å². The van der Waals surface area contributed by atoms with Gasteiger partial charge in [-0.1, -0.05) is 18.1 Å². The third-order valence-corrected chi connectivity index (χ3v) is 12.5. The Hall–Kier alpha value is -3.51. The monoisotopic (exact) mass is 611 g/mol. The van der Waals surface area contributed by atoms with Crippen LogP contribution in [0.15, 0.2) is 51.7 Å². The fourth-order valence-corrected chi connectivity index (χ4v) is 10.8. The van der Waals surface area contributed by atoms with Gasteiger partial charge in [-0.2, -0.15) is 0 Å². The largest absolute Gasteiger partial charge is 0.450 e. The van der Waals surface area contributed by atoms with Crippen LogP contribution in [-0.2, 0) is 25.5 Å². The molecule has 12 heteroatoms. The molecule has 1 unspecified atom stereocenters. The zero-order valence-electron chi connectivity index (χ0n) is 25.5. The van der Waals surface area contributed by atoms with Crippen molar-refractivity contribution in [2.24, 2.45) is 16.3 Å². The van der Waals surface area contributed by atoms with E-state index in [0.717, 1.165) is 81.4 Å². The van der Waals surface area contributed by atoms with Gasteiger partial charge in [0.2, 0.25) is 5.70 Å². The molecule has 0 aromatic carbocycles. The predicted octanol–water partition coefficient (Wildman–Crippen LogP) is 3.18. The number of piperidine rings is 2. The average Bonchev–Trinajstić information content (AvgIpc) is 3.88. The first-order valence-corrected chi connectivity index (χ1v) is 17.1. The molecule has 1 aromatic heterocycles. The Kier molecular flexibility index (Phi) is 5.64. The van der Waals surface area contributed by atoms with Crippen LogP contribution in [0.5, 0.6) is 0 Å². The molecule has 6 fully saturated rings. The SMILES string of the molecule is O=C1C=C2CC(/C=[N+]3/C=C(CCc4cn([C@@H]5CC6=CC(=O)O[C@@]67C[C@@H]5N5CCCC[C@@H]57)nn4)N=N3)[C@@H]3C[C@@]2(O1)[C@H]1CCCCN31. The minimum absolute atomic E-state index is 0.152. The Morgan fingerprint density at radius 2 is 1.56 bits per heavy atom. The van der Waals surface area contributed by atoms with Gasteiger partial charge in [-0.05, 0) is 62.8 Å². The summed E-state index contributed by atoms with van der Waals surface area (Å²) < 4.78 is 16.0. The van der Waals surface area contributed by atoms with Gasteiger partial charge in [-0.25, -0.2) is 14.3 Å². The number of allylic oxidation sites excluding steroid dienone is 1. The number of esters is 2. The number of hydrogen-bond donors (Lipinski definition) is 0. The van der Waals surface area contributed by atoms with Crippen LogP contribution < -0.4 is 0 Å². The Morgan fingerprint density at radius 1 is 0.867 bits per heavy atom. The minimum Gasteiger partial charge on any atom is -0.450 e. The van der Waals surface area contributed by atoms with Crippen LogP contribution in [0.25, 0.3) is 0 Å². The van der Waals surface area contributed by atoms with E-state index in [9.17, 15) is 9.59 Å². The van der Waals surface area contributed by atoms with E-state index in [4.69, 9.17) is 9.47 Å². The zero-order chi connectivity index (χ0) is 29.9. The van der Waals surface area contributed by atoms with E-state index in [2.05, 4.69) is 42.9 Å². The first-order chi connectivity index (χ1) is 22.0. The molecule has 8 atom stereocenters. The molecule has 45 heavy (non-hydrogen) atoms. The number of ether oxygens (including phenoxy) is 2. The quantitative estimate of drug-likeness (QED) is 0.368. The third kappa shape index (κ3) is 3.81. The highest BCUT2D eigenvalue weighted by Gasteiger charge is 2.65. The van der Waals surface area contributed by atoms with Gasteiger partial charge in [0.05, 0.1) is 28.9 Å². The summed E-state index contributed by atoms with van der Waals surface area (Å²) in [5.41, 5.74) is 3.36. The van der Waals surface area contributed by atoms with Crippen molar-refractivity contribution in [2.45, 2.75) is 118 Å². The number of carbonyl (C=O) groups is 2. The molecule has 0 amide bonds. The summed E-state index contributed by atoms with van der Waals surface area (Å²) in [5, 5.41) is 18.1. The maximum atomic E-state index is 12.4. The summed E-state index contributed by atoms with van der Waals surface area (Å²) >= 11 is 0. The summed E-state index contributed by atoms with van der Waals surface area (Å²) in [5.74, 6) is -0.0971. The lowest BCUT2D eigenvalue weighted by Gasteiger charge is -2.38. The number of aryl methyl sites for hydroxylation is 1. The Balaban J connectivity index is 0.837. The molecule has 7 aliphatic heterocycles. The van der Waals surface area contributed by atoms with Crippen molar-refractivity contribution in [3.05, 3.63) is 47.1 Å². The molecule has 0 N–H and O–H groups in total. The Labute approximate surface area is 261 Å². The lowest BCUT2D eigenvalue weighted by atomic mass is 9.73. The number of nitrogens with zero attached hydrogens (tertiary/aromatic N) is 8.